The second-order valence-corrected chi connectivity index (χ2v) is 6.08. The van der Waals surface area contributed by atoms with Gasteiger partial charge in [-0.05, 0) is 26.0 Å². The molecule has 9 nitrogen and oxygen atoms in total. The standard InChI is InChI=1S/C18H23NO8/c1-3-9(2)16(23)25-8-12-13(20)14(21)15(22)18(26-12)27-17(24)10-6-4-5-7-11(10)19/h3-7,12-15,18,20-22H,8,19H2,1-2H3/b9-3+/t12?,13-,14+,15?,18+/m1/s1. The zero-order valence-electron chi connectivity index (χ0n) is 14.9. The van der Waals surface area contributed by atoms with Crippen molar-refractivity contribution in [2.75, 3.05) is 12.3 Å². The lowest BCUT2D eigenvalue weighted by Gasteiger charge is -2.39. The van der Waals surface area contributed by atoms with Gasteiger partial charge in [0.05, 0.1) is 5.56 Å². The smallest absolute Gasteiger partial charge is 0.342 e. The molecule has 1 fully saturated rings. The van der Waals surface area contributed by atoms with Crippen LogP contribution in [0, 0.1) is 0 Å². The van der Waals surface area contributed by atoms with E-state index in [9.17, 15) is 24.9 Å². The van der Waals surface area contributed by atoms with Gasteiger partial charge in [0, 0.05) is 11.3 Å². The van der Waals surface area contributed by atoms with Crippen LogP contribution in [0.4, 0.5) is 5.69 Å². The molecule has 5 atom stereocenters. The minimum Gasteiger partial charge on any atom is -0.459 e. The van der Waals surface area contributed by atoms with Gasteiger partial charge < -0.3 is 35.3 Å². The summed E-state index contributed by atoms with van der Waals surface area (Å²) in [7, 11) is 0. The molecule has 2 rings (SSSR count). The number of carbonyl (C=O) groups excluding carboxylic acids is 2. The Labute approximate surface area is 156 Å². The quantitative estimate of drug-likeness (QED) is 0.307. The van der Waals surface area contributed by atoms with Gasteiger partial charge in [0.1, 0.15) is 31.0 Å². The Morgan fingerprint density at radius 2 is 1.85 bits per heavy atom. The molecule has 0 spiro atoms. The van der Waals surface area contributed by atoms with Gasteiger partial charge >= 0.3 is 11.9 Å². The highest BCUT2D eigenvalue weighted by molar-refractivity contribution is 5.95. The summed E-state index contributed by atoms with van der Waals surface area (Å²) in [4.78, 5) is 24.0. The summed E-state index contributed by atoms with van der Waals surface area (Å²) in [6.07, 6.45) is -6.15. The van der Waals surface area contributed by atoms with Gasteiger partial charge in [0.25, 0.3) is 0 Å². The fourth-order valence-corrected chi connectivity index (χ4v) is 2.39. The molecule has 1 aliphatic heterocycles. The van der Waals surface area contributed by atoms with Crippen molar-refractivity contribution in [1.29, 1.82) is 0 Å². The van der Waals surface area contributed by atoms with Crippen molar-refractivity contribution in [2.45, 2.75) is 44.6 Å². The molecule has 0 radical (unpaired) electrons. The summed E-state index contributed by atoms with van der Waals surface area (Å²) in [5.41, 5.74) is 6.28. The summed E-state index contributed by atoms with van der Waals surface area (Å²) in [6, 6.07) is 6.14. The Morgan fingerprint density at radius 3 is 2.48 bits per heavy atom. The zero-order chi connectivity index (χ0) is 20.1. The van der Waals surface area contributed by atoms with Crippen LogP contribution in [0.25, 0.3) is 0 Å². The average Bonchev–Trinajstić information content (AvgIpc) is 2.66. The van der Waals surface area contributed by atoms with E-state index in [-0.39, 0.29) is 11.3 Å². The van der Waals surface area contributed by atoms with E-state index in [4.69, 9.17) is 19.9 Å². The predicted molar refractivity (Wildman–Crippen MR) is 93.3 cm³/mol. The van der Waals surface area contributed by atoms with Crippen LogP contribution in [0.1, 0.15) is 24.2 Å². The Bertz CT molecular complexity index is 719. The summed E-state index contributed by atoms with van der Waals surface area (Å²) < 4.78 is 15.4. The highest BCUT2D eigenvalue weighted by Gasteiger charge is 2.46. The molecule has 1 heterocycles. The lowest BCUT2D eigenvalue weighted by atomic mass is 9.99. The predicted octanol–water partition coefficient (Wildman–Crippen LogP) is -0.257. The SMILES string of the molecule is C/C=C(\C)C(=O)OCC1O[C@@H](OC(=O)c2ccccc2N)C(O)[C@@H](O)[C@@H]1O. The topological polar surface area (TPSA) is 149 Å². The second-order valence-electron chi connectivity index (χ2n) is 6.08. The molecule has 0 saturated carbocycles. The molecule has 1 aromatic carbocycles. The largest absolute Gasteiger partial charge is 0.459 e. The number of hydrogen-bond donors (Lipinski definition) is 4. The van der Waals surface area contributed by atoms with Gasteiger partial charge in [0.2, 0.25) is 6.29 Å². The molecule has 0 amide bonds. The number of aliphatic hydroxyl groups excluding tert-OH is 3. The van der Waals surface area contributed by atoms with Gasteiger partial charge in [-0.25, -0.2) is 9.59 Å². The van der Waals surface area contributed by atoms with Gasteiger partial charge in [-0.15, -0.1) is 0 Å². The number of rotatable bonds is 5. The maximum atomic E-state index is 12.2. The van der Waals surface area contributed by atoms with E-state index in [1.807, 2.05) is 0 Å². The number of allylic oxidation sites excluding steroid dienone is 1. The number of ether oxygens (including phenoxy) is 3. The molecule has 0 bridgehead atoms. The van der Waals surface area contributed by atoms with Crippen molar-refractivity contribution in [3.63, 3.8) is 0 Å². The van der Waals surface area contributed by atoms with Crippen molar-refractivity contribution in [3.8, 4) is 0 Å². The van der Waals surface area contributed by atoms with E-state index in [0.717, 1.165) is 0 Å². The first-order valence-electron chi connectivity index (χ1n) is 8.31. The Balaban J connectivity index is 2.07. The van der Waals surface area contributed by atoms with Crippen LogP contribution in [-0.4, -0.2) is 64.6 Å². The molecule has 0 aliphatic carbocycles. The van der Waals surface area contributed by atoms with Crippen molar-refractivity contribution < 1.29 is 39.1 Å². The number of anilines is 1. The Hall–Kier alpha value is -2.46. The van der Waals surface area contributed by atoms with Crippen molar-refractivity contribution in [3.05, 3.63) is 41.5 Å². The Kier molecular flexibility index (Phi) is 6.92. The van der Waals surface area contributed by atoms with E-state index < -0.39 is 49.3 Å². The third-order valence-electron chi connectivity index (χ3n) is 4.21. The molecule has 9 heteroatoms. The number of benzene rings is 1. The number of nitrogens with two attached hydrogens (primary N) is 1. The van der Waals surface area contributed by atoms with E-state index in [2.05, 4.69) is 0 Å². The molecule has 0 aromatic heterocycles. The van der Waals surface area contributed by atoms with E-state index in [0.29, 0.717) is 5.57 Å². The summed E-state index contributed by atoms with van der Waals surface area (Å²) in [6.45, 7) is 2.80. The fraction of sp³-hybridized carbons (Fsp3) is 0.444. The monoisotopic (exact) mass is 381 g/mol. The van der Waals surface area contributed by atoms with Gasteiger partial charge in [-0.3, -0.25) is 0 Å². The maximum absolute atomic E-state index is 12.2. The van der Waals surface area contributed by atoms with Crippen molar-refractivity contribution in [2.24, 2.45) is 0 Å². The number of aliphatic hydroxyl groups is 3. The van der Waals surface area contributed by atoms with Crippen molar-refractivity contribution >= 4 is 17.6 Å². The van der Waals surface area contributed by atoms with Gasteiger partial charge in [-0.1, -0.05) is 18.2 Å². The number of carbonyl (C=O) groups is 2. The maximum Gasteiger partial charge on any atom is 0.342 e. The molecular formula is C18H23NO8. The summed E-state index contributed by atoms with van der Waals surface area (Å²) in [5.74, 6) is -1.50. The molecule has 27 heavy (non-hydrogen) atoms. The molecule has 2 unspecified atom stereocenters. The minimum atomic E-state index is -1.70. The molecule has 5 N–H and O–H groups in total. The van der Waals surface area contributed by atoms with Crippen LogP contribution in [-0.2, 0) is 19.0 Å². The highest BCUT2D eigenvalue weighted by atomic mass is 16.7. The third kappa shape index (κ3) is 4.83. The van der Waals surface area contributed by atoms with E-state index in [1.165, 1.54) is 12.1 Å². The van der Waals surface area contributed by atoms with Crippen LogP contribution in [0.2, 0.25) is 0 Å². The normalized spacial score (nSPS) is 28.5. The first-order valence-corrected chi connectivity index (χ1v) is 8.31. The van der Waals surface area contributed by atoms with Gasteiger partial charge in [0.15, 0.2) is 0 Å². The van der Waals surface area contributed by atoms with Crippen molar-refractivity contribution in [1.82, 2.24) is 0 Å². The fourth-order valence-electron chi connectivity index (χ4n) is 2.39. The third-order valence-corrected chi connectivity index (χ3v) is 4.21. The summed E-state index contributed by atoms with van der Waals surface area (Å²) >= 11 is 0. The van der Waals surface area contributed by atoms with Crippen LogP contribution >= 0.6 is 0 Å². The first-order chi connectivity index (χ1) is 12.8. The highest BCUT2D eigenvalue weighted by Crippen LogP contribution is 2.24. The lowest BCUT2D eigenvalue weighted by molar-refractivity contribution is -0.286. The molecule has 148 valence electrons. The number of para-hydroxylation sites is 1. The number of hydrogen-bond acceptors (Lipinski definition) is 9. The van der Waals surface area contributed by atoms with E-state index >= 15 is 0 Å². The van der Waals surface area contributed by atoms with Crippen LogP contribution in [0.5, 0.6) is 0 Å². The zero-order valence-corrected chi connectivity index (χ0v) is 14.9. The van der Waals surface area contributed by atoms with Gasteiger partial charge in [-0.2, -0.15) is 0 Å². The molecular weight excluding hydrogens is 358 g/mol. The Morgan fingerprint density at radius 1 is 1.19 bits per heavy atom. The minimum absolute atomic E-state index is 0.0561. The van der Waals surface area contributed by atoms with E-state index in [1.54, 1.807) is 32.1 Å². The lowest BCUT2D eigenvalue weighted by Crippen LogP contribution is -2.59. The van der Waals surface area contributed by atoms with Crippen LogP contribution in [0.3, 0.4) is 0 Å². The van der Waals surface area contributed by atoms with Crippen LogP contribution < -0.4 is 5.73 Å². The van der Waals surface area contributed by atoms with Crippen LogP contribution in [0.15, 0.2) is 35.9 Å². The first kappa shape index (κ1) is 20.8. The molecule has 1 aliphatic rings. The number of nitrogen functional groups attached to an aromatic ring is 1. The second kappa shape index (κ2) is 8.96. The molecule has 1 saturated heterocycles. The summed E-state index contributed by atoms with van der Waals surface area (Å²) in [5, 5.41) is 30.1. The average molecular weight is 381 g/mol. The number of esters is 2. The molecule has 1 aromatic rings.